The predicted octanol–water partition coefficient (Wildman–Crippen LogP) is 1.44. The predicted molar refractivity (Wildman–Crippen MR) is 62.8 cm³/mol. The highest BCUT2D eigenvalue weighted by atomic mass is 16.3. The third kappa shape index (κ3) is 1.98. The van der Waals surface area contributed by atoms with E-state index in [4.69, 9.17) is 10.8 Å². The SMILES string of the molecule is NC1(c2ccccc2C(O)CO)CCCC1. The van der Waals surface area contributed by atoms with Gasteiger partial charge in [-0.1, -0.05) is 37.1 Å². The maximum Gasteiger partial charge on any atom is 0.102 e. The first-order valence-corrected chi connectivity index (χ1v) is 5.84. The molecule has 1 aromatic rings. The summed E-state index contributed by atoms with van der Waals surface area (Å²) >= 11 is 0. The van der Waals surface area contributed by atoms with E-state index in [9.17, 15) is 5.11 Å². The van der Waals surface area contributed by atoms with Crippen LogP contribution in [-0.4, -0.2) is 16.8 Å². The maximum absolute atomic E-state index is 9.78. The third-order valence-electron chi connectivity index (χ3n) is 3.52. The molecule has 16 heavy (non-hydrogen) atoms. The molecule has 88 valence electrons. The molecule has 1 unspecified atom stereocenters. The zero-order chi connectivity index (χ0) is 11.6. The van der Waals surface area contributed by atoms with Gasteiger partial charge in [-0.3, -0.25) is 0 Å². The van der Waals surface area contributed by atoms with Crippen molar-refractivity contribution in [1.29, 1.82) is 0 Å². The average molecular weight is 221 g/mol. The first-order chi connectivity index (χ1) is 7.67. The number of rotatable bonds is 3. The lowest BCUT2D eigenvalue weighted by molar-refractivity contribution is 0.0938. The summed E-state index contributed by atoms with van der Waals surface area (Å²) in [5, 5.41) is 18.8. The van der Waals surface area contributed by atoms with Crippen LogP contribution in [0.5, 0.6) is 0 Å². The van der Waals surface area contributed by atoms with Crippen LogP contribution < -0.4 is 5.73 Å². The van der Waals surface area contributed by atoms with Crippen molar-refractivity contribution in [2.45, 2.75) is 37.3 Å². The van der Waals surface area contributed by atoms with Crippen molar-refractivity contribution in [3.8, 4) is 0 Å². The summed E-state index contributed by atoms with van der Waals surface area (Å²) < 4.78 is 0. The van der Waals surface area contributed by atoms with E-state index >= 15 is 0 Å². The Bertz CT molecular complexity index is 359. The lowest BCUT2D eigenvalue weighted by Gasteiger charge is -2.28. The van der Waals surface area contributed by atoms with Crippen molar-refractivity contribution >= 4 is 0 Å². The van der Waals surface area contributed by atoms with E-state index in [1.165, 1.54) is 0 Å². The van der Waals surface area contributed by atoms with Gasteiger partial charge in [0.2, 0.25) is 0 Å². The highest BCUT2D eigenvalue weighted by Crippen LogP contribution is 2.39. The average Bonchev–Trinajstić information content (AvgIpc) is 2.76. The molecule has 3 nitrogen and oxygen atoms in total. The molecule has 1 aromatic carbocycles. The van der Waals surface area contributed by atoms with Crippen molar-refractivity contribution in [2.75, 3.05) is 6.61 Å². The minimum Gasteiger partial charge on any atom is -0.393 e. The van der Waals surface area contributed by atoms with Crippen LogP contribution in [0.3, 0.4) is 0 Å². The van der Waals surface area contributed by atoms with Crippen molar-refractivity contribution in [1.82, 2.24) is 0 Å². The fraction of sp³-hybridized carbons (Fsp3) is 0.538. The van der Waals surface area contributed by atoms with E-state index in [1.54, 1.807) is 0 Å². The molecular weight excluding hydrogens is 202 g/mol. The van der Waals surface area contributed by atoms with E-state index in [0.717, 1.165) is 36.8 Å². The smallest absolute Gasteiger partial charge is 0.102 e. The molecule has 1 saturated carbocycles. The second kappa shape index (κ2) is 4.53. The summed E-state index contributed by atoms with van der Waals surface area (Å²) in [6.45, 7) is -0.257. The van der Waals surface area contributed by atoms with Gasteiger partial charge in [0.15, 0.2) is 0 Å². The van der Waals surface area contributed by atoms with Crippen LogP contribution in [0.15, 0.2) is 24.3 Å². The molecule has 3 heteroatoms. The summed E-state index contributed by atoms with van der Waals surface area (Å²) in [7, 11) is 0. The molecule has 0 radical (unpaired) electrons. The quantitative estimate of drug-likeness (QED) is 0.723. The van der Waals surface area contributed by atoms with E-state index in [1.807, 2.05) is 24.3 Å². The number of nitrogens with two attached hydrogens (primary N) is 1. The standard InChI is InChI=1S/C13H19NO2/c14-13(7-3-4-8-13)11-6-2-1-5-10(11)12(16)9-15/h1-2,5-6,12,15-16H,3-4,7-9,14H2. The first-order valence-electron chi connectivity index (χ1n) is 5.84. The van der Waals surface area contributed by atoms with Crippen molar-refractivity contribution in [3.63, 3.8) is 0 Å². The minimum absolute atomic E-state index is 0.257. The van der Waals surface area contributed by atoms with Crippen molar-refractivity contribution in [3.05, 3.63) is 35.4 Å². The van der Waals surface area contributed by atoms with Crippen LogP contribution in [0.1, 0.15) is 42.9 Å². The summed E-state index contributed by atoms with van der Waals surface area (Å²) in [5.74, 6) is 0. The topological polar surface area (TPSA) is 66.5 Å². The van der Waals surface area contributed by atoms with Crippen molar-refractivity contribution < 1.29 is 10.2 Å². The van der Waals surface area contributed by atoms with Gasteiger partial charge in [0.05, 0.1) is 6.61 Å². The zero-order valence-corrected chi connectivity index (χ0v) is 9.39. The van der Waals surface area contributed by atoms with Crippen LogP contribution in [-0.2, 0) is 5.54 Å². The minimum atomic E-state index is -0.822. The third-order valence-corrected chi connectivity index (χ3v) is 3.52. The Morgan fingerprint density at radius 2 is 1.88 bits per heavy atom. The molecule has 4 N–H and O–H groups in total. The Labute approximate surface area is 95.9 Å². The van der Waals surface area contributed by atoms with Gasteiger partial charge in [-0.25, -0.2) is 0 Å². The van der Waals surface area contributed by atoms with Gasteiger partial charge in [-0.15, -0.1) is 0 Å². The molecule has 0 saturated heterocycles. The molecule has 1 atom stereocenters. The molecular formula is C13H19NO2. The van der Waals surface area contributed by atoms with Gasteiger partial charge in [-0.05, 0) is 24.0 Å². The van der Waals surface area contributed by atoms with E-state index in [-0.39, 0.29) is 12.1 Å². The summed E-state index contributed by atoms with van der Waals surface area (Å²) in [6, 6.07) is 7.63. The fourth-order valence-corrected chi connectivity index (χ4v) is 2.61. The Morgan fingerprint density at radius 3 is 2.50 bits per heavy atom. The molecule has 2 rings (SSSR count). The number of aliphatic hydroxyl groups excluding tert-OH is 2. The Balaban J connectivity index is 2.39. The second-order valence-corrected chi connectivity index (χ2v) is 4.65. The Kier molecular flexibility index (Phi) is 3.28. The second-order valence-electron chi connectivity index (χ2n) is 4.65. The normalized spacial score (nSPS) is 20.9. The molecule has 1 aliphatic carbocycles. The molecule has 0 aliphatic heterocycles. The van der Waals surface area contributed by atoms with Crippen LogP contribution in [0.25, 0.3) is 0 Å². The van der Waals surface area contributed by atoms with Gasteiger partial charge in [0.25, 0.3) is 0 Å². The number of hydrogen-bond acceptors (Lipinski definition) is 3. The largest absolute Gasteiger partial charge is 0.393 e. The summed E-state index contributed by atoms with van der Waals surface area (Å²) in [6.07, 6.45) is 3.38. The highest BCUT2D eigenvalue weighted by Gasteiger charge is 2.33. The summed E-state index contributed by atoms with van der Waals surface area (Å²) in [5.41, 5.74) is 7.84. The van der Waals surface area contributed by atoms with Gasteiger partial charge in [0, 0.05) is 5.54 Å². The van der Waals surface area contributed by atoms with Gasteiger partial charge in [-0.2, -0.15) is 0 Å². The number of aliphatic hydroxyl groups is 2. The van der Waals surface area contributed by atoms with E-state index in [2.05, 4.69) is 0 Å². The van der Waals surface area contributed by atoms with Gasteiger partial charge >= 0.3 is 0 Å². The van der Waals surface area contributed by atoms with Gasteiger partial charge < -0.3 is 15.9 Å². The molecule has 0 spiro atoms. The molecule has 0 amide bonds. The summed E-state index contributed by atoms with van der Waals surface area (Å²) in [4.78, 5) is 0. The fourth-order valence-electron chi connectivity index (χ4n) is 2.61. The molecule has 0 bridgehead atoms. The highest BCUT2D eigenvalue weighted by molar-refractivity contribution is 5.35. The van der Waals surface area contributed by atoms with Crippen molar-refractivity contribution in [2.24, 2.45) is 5.73 Å². The number of benzene rings is 1. The monoisotopic (exact) mass is 221 g/mol. The van der Waals surface area contributed by atoms with Crippen LogP contribution in [0, 0.1) is 0 Å². The molecule has 1 aliphatic rings. The van der Waals surface area contributed by atoms with Crippen LogP contribution in [0.4, 0.5) is 0 Å². The van der Waals surface area contributed by atoms with E-state index < -0.39 is 6.10 Å². The zero-order valence-electron chi connectivity index (χ0n) is 9.39. The lowest BCUT2D eigenvalue weighted by Crippen LogP contribution is -2.34. The lowest BCUT2D eigenvalue weighted by atomic mass is 9.84. The molecule has 0 heterocycles. The molecule has 0 aromatic heterocycles. The maximum atomic E-state index is 9.78. The first kappa shape index (κ1) is 11.6. The van der Waals surface area contributed by atoms with Crippen LogP contribution in [0.2, 0.25) is 0 Å². The number of hydrogen-bond donors (Lipinski definition) is 3. The van der Waals surface area contributed by atoms with E-state index in [0.29, 0.717) is 0 Å². The van der Waals surface area contributed by atoms with Crippen LogP contribution >= 0.6 is 0 Å². The Morgan fingerprint density at radius 1 is 1.25 bits per heavy atom. The molecule has 1 fully saturated rings. The Hall–Kier alpha value is -0.900. The van der Waals surface area contributed by atoms with Gasteiger partial charge in [0.1, 0.15) is 6.10 Å².